The van der Waals surface area contributed by atoms with E-state index in [2.05, 4.69) is 15.5 Å². The topological polar surface area (TPSA) is 140 Å². The zero-order chi connectivity index (χ0) is 25.4. The maximum atomic E-state index is 12.5. The molecule has 0 radical (unpaired) electrons. The van der Waals surface area contributed by atoms with E-state index in [1.807, 2.05) is 37.3 Å². The Bertz CT molecular complexity index is 1390. The van der Waals surface area contributed by atoms with Crippen molar-refractivity contribution in [3.63, 3.8) is 0 Å². The van der Waals surface area contributed by atoms with Crippen LogP contribution in [0.1, 0.15) is 11.1 Å². The number of benzene rings is 2. The van der Waals surface area contributed by atoms with Gasteiger partial charge >= 0.3 is 0 Å². The molecule has 0 atom stereocenters. The number of aryl methyl sites for hydroxylation is 1. The van der Waals surface area contributed by atoms with Gasteiger partial charge in [-0.15, -0.1) is 10.2 Å². The lowest BCUT2D eigenvalue weighted by molar-refractivity contribution is -0.112. The van der Waals surface area contributed by atoms with E-state index in [0.29, 0.717) is 35.0 Å². The molecule has 10 nitrogen and oxygen atoms in total. The van der Waals surface area contributed by atoms with Gasteiger partial charge in [-0.2, -0.15) is 5.26 Å². The van der Waals surface area contributed by atoms with Crippen LogP contribution < -0.4 is 19.5 Å². The van der Waals surface area contributed by atoms with Crippen LogP contribution >= 0.6 is 11.3 Å². The summed E-state index contributed by atoms with van der Waals surface area (Å²) in [7, 11) is -2.07. The Labute approximate surface area is 206 Å². The number of nitrogens with one attached hydrogen (secondary N) is 1. The number of anilines is 1. The van der Waals surface area contributed by atoms with Crippen LogP contribution in [0.2, 0.25) is 0 Å². The second-order valence-electron chi connectivity index (χ2n) is 7.19. The van der Waals surface area contributed by atoms with Gasteiger partial charge in [0.1, 0.15) is 30.6 Å². The lowest BCUT2D eigenvalue weighted by atomic mass is 10.1. The van der Waals surface area contributed by atoms with E-state index >= 15 is 0 Å². The van der Waals surface area contributed by atoms with Crippen molar-refractivity contribution in [2.75, 3.05) is 31.9 Å². The fourth-order valence-electron chi connectivity index (χ4n) is 2.80. The Morgan fingerprint density at radius 1 is 1.14 bits per heavy atom. The summed E-state index contributed by atoms with van der Waals surface area (Å²) in [5.41, 5.74) is 1.40. The van der Waals surface area contributed by atoms with E-state index in [9.17, 15) is 18.5 Å². The van der Waals surface area contributed by atoms with E-state index in [1.165, 1.54) is 13.2 Å². The van der Waals surface area contributed by atoms with Crippen molar-refractivity contribution in [3.8, 4) is 23.3 Å². The minimum absolute atomic E-state index is 0.0363. The molecule has 0 saturated carbocycles. The van der Waals surface area contributed by atoms with Gasteiger partial charge in [-0.25, -0.2) is 8.42 Å². The molecule has 0 aliphatic carbocycles. The predicted molar refractivity (Wildman–Crippen MR) is 130 cm³/mol. The first-order valence-electron chi connectivity index (χ1n) is 10.2. The summed E-state index contributed by atoms with van der Waals surface area (Å²) in [6.07, 6.45) is 2.35. The molecule has 1 heterocycles. The summed E-state index contributed by atoms with van der Waals surface area (Å²) in [5, 5.41) is 18.9. The number of carbonyl (C=O) groups is 1. The third-order valence-electron chi connectivity index (χ3n) is 4.41. The van der Waals surface area contributed by atoms with Gasteiger partial charge in [-0.1, -0.05) is 29.5 Å². The number of aromatic nitrogens is 2. The van der Waals surface area contributed by atoms with Gasteiger partial charge in [0.2, 0.25) is 19.3 Å². The van der Waals surface area contributed by atoms with Gasteiger partial charge in [0.05, 0.1) is 7.11 Å². The lowest BCUT2D eigenvalue weighted by Crippen LogP contribution is -2.13. The van der Waals surface area contributed by atoms with E-state index in [1.54, 1.807) is 18.2 Å². The van der Waals surface area contributed by atoms with Crippen LogP contribution in [0, 0.1) is 18.3 Å². The normalized spacial score (nSPS) is 11.4. The Hall–Kier alpha value is -3.95. The number of sulfone groups is 1. The standard InChI is InChI=1S/C23H22N4O6S2/c1-15-5-4-6-18(11-15)32-9-10-33-19-8-7-16(13-20(19)31-2)12-17(14-24)21(28)25-22-26-27-23(34-22)35(3,29)30/h4-8,11-13H,9-10H2,1-3H3,(H,25,26,28)/b17-12-. The summed E-state index contributed by atoms with van der Waals surface area (Å²) >= 11 is 0.693. The van der Waals surface area contributed by atoms with E-state index in [0.717, 1.165) is 17.6 Å². The highest BCUT2D eigenvalue weighted by Crippen LogP contribution is 2.29. The number of hydrogen-bond acceptors (Lipinski definition) is 10. The van der Waals surface area contributed by atoms with Crippen LogP contribution in [0.25, 0.3) is 6.08 Å². The van der Waals surface area contributed by atoms with E-state index < -0.39 is 15.7 Å². The molecule has 0 fully saturated rings. The predicted octanol–water partition coefficient (Wildman–Crippen LogP) is 3.26. The van der Waals surface area contributed by atoms with Crippen LogP contribution in [0.3, 0.4) is 0 Å². The zero-order valence-corrected chi connectivity index (χ0v) is 20.8. The Morgan fingerprint density at radius 3 is 2.57 bits per heavy atom. The number of rotatable bonds is 10. The van der Waals surface area contributed by atoms with Crippen molar-refractivity contribution in [2.45, 2.75) is 11.3 Å². The lowest BCUT2D eigenvalue weighted by Gasteiger charge is -2.12. The molecule has 0 aliphatic heterocycles. The molecular weight excluding hydrogens is 492 g/mol. The number of amides is 1. The number of hydrogen-bond donors (Lipinski definition) is 1. The molecule has 0 saturated heterocycles. The number of ether oxygens (including phenoxy) is 3. The van der Waals surface area contributed by atoms with Gasteiger partial charge in [0.25, 0.3) is 5.91 Å². The van der Waals surface area contributed by atoms with Crippen LogP contribution in [-0.2, 0) is 14.6 Å². The summed E-state index contributed by atoms with van der Waals surface area (Å²) in [5.74, 6) is 0.886. The highest BCUT2D eigenvalue weighted by Gasteiger charge is 2.17. The molecule has 1 N–H and O–H groups in total. The maximum absolute atomic E-state index is 12.5. The van der Waals surface area contributed by atoms with Gasteiger partial charge in [-0.05, 0) is 48.4 Å². The molecule has 182 valence electrons. The second-order valence-corrected chi connectivity index (χ2v) is 10.4. The zero-order valence-electron chi connectivity index (χ0n) is 19.1. The Kier molecular flexibility index (Phi) is 8.40. The molecule has 1 amide bonds. The van der Waals surface area contributed by atoms with Crippen LogP contribution in [0.5, 0.6) is 17.2 Å². The first-order valence-corrected chi connectivity index (χ1v) is 12.9. The second kappa shape index (κ2) is 11.5. The fraction of sp³-hybridized carbons (Fsp3) is 0.217. The van der Waals surface area contributed by atoms with Crippen molar-refractivity contribution in [3.05, 3.63) is 59.2 Å². The quantitative estimate of drug-likeness (QED) is 0.187. The average molecular weight is 515 g/mol. The molecule has 0 spiro atoms. The van der Waals surface area contributed by atoms with Gasteiger partial charge in [0, 0.05) is 6.26 Å². The largest absolute Gasteiger partial charge is 0.493 e. The number of nitriles is 1. The van der Waals surface area contributed by atoms with Gasteiger partial charge < -0.3 is 14.2 Å². The Morgan fingerprint density at radius 2 is 1.91 bits per heavy atom. The fourth-order valence-corrected chi connectivity index (χ4v) is 4.30. The first kappa shape index (κ1) is 25.7. The monoisotopic (exact) mass is 514 g/mol. The molecule has 3 aromatic rings. The summed E-state index contributed by atoms with van der Waals surface area (Å²) < 4.78 is 39.6. The molecule has 0 unspecified atom stereocenters. The number of carbonyl (C=O) groups excluding carboxylic acids is 1. The van der Waals surface area contributed by atoms with Crippen LogP contribution in [-0.4, -0.2) is 51.1 Å². The van der Waals surface area contributed by atoms with Crippen molar-refractivity contribution < 1.29 is 27.4 Å². The summed E-state index contributed by atoms with van der Waals surface area (Å²) in [6, 6.07) is 14.5. The first-order chi connectivity index (χ1) is 16.7. The van der Waals surface area contributed by atoms with Crippen LogP contribution in [0.15, 0.2) is 52.4 Å². The summed E-state index contributed by atoms with van der Waals surface area (Å²) in [4.78, 5) is 12.5. The molecule has 1 aromatic heterocycles. The van der Waals surface area contributed by atoms with E-state index in [4.69, 9.17) is 14.2 Å². The van der Waals surface area contributed by atoms with Gasteiger partial charge in [0.15, 0.2) is 11.5 Å². The smallest absolute Gasteiger partial charge is 0.268 e. The summed E-state index contributed by atoms with van der Waals surface area (Å²) in [6.45, 7) is 2.60. The van der Waals surface area contributed by atoms with E-state index in [-0.39, 0.29) is 21.7 Å². The molecule has 3 rings (SSSR count). The SMILES string of the molecule is COc1cc(/C=C(/C#N)C(=O)Nc2nnc(S(C)(=O)=O)s2)ccc1OCCOc1cccc(C)c1. The van der Waals surface area contributed by atoms with Crippen molar-refractivity contribution in [1.29, 1.82) is 5.26 Å². The molecule has 0 aliphatic rings. The van der Waals surface area contributed by atoms with Crippen LogP contribution in [0.4, 0.5) is 5.13 Å². The average Bonchev–Trinajstić information content (AvgIpc) is 3.30. The highest BCUT2D eigenvalue weighted by atomic mass is 32.2. The van der Waals surface area contributed by atoms with Crippen molar-refractivity contribution in [2.24, 2.45) is 0 Å². The number of nitrogens with zero attached hydrogens (tertiary/aromatic N) is 3. The molecule has 0 bridgehead atoms. The highest BCUT2D eigenvalue weighted by molar-refractivity contribution is 7.92. The number of methoxy groups -OCH3 is 1. The molecular formula is C23H22N4O6S2. The minimum Gasteiger partial charge on any atom is -0.493 e. The third kappa shape index (κ3) is 7.26. The molecule has 2 aromatic carbocycles. The van der Waals surface area contributed by atoms with Gasteiger partial charge in [-0.3, -0.25) is 10.1 Å². The third-order valence-corrected chi connectivity index (χ3v) is 6.91. The molecule has 12 heteroatoms. The molecule has 35 heavy (non-hydrogen) atoms. The van der Waals surface area contributed by atoms with Crippen molar-refractivity contribution >= 4 is 38.3 Å². The minimum atomic E-state index is -3.55. The Balaban J connectivity index is 1.64. The van der Waals surface area contributed by atoms with Crippen molar-refractivity contribution in [1.82, 2.24) is 10.2 Å². The maximum Gasteiger partial charge on any atom is 0.268 e.